The molecule has 0 saturated heterocycles. The molecule has 108 valence electrons. The van der Waals surface area contributed by atoms with Crippen molar-refractivity contribution in [1.29, 1.82) is 0 Å². The Morgan fingerprint density at radius 3 is 2.65 bits per heavy atom. The molecule has 0 aromatic heterocycles. The van der Waals surface area contributed by atoms with Crippen molar-refractivity contribution in [3.05, 3.63) is 35.4 Å². The van der Waals surface area contributed by atoms with Crippen LogP contribution >= 0.6 is 0 Å². The molecule has 0 heterocycles. The van der Waals surface area contributed by atoms with Crippen molar-refractivity contribution in [1.82, 2.24) is 10.2 Å². The summed E-state index contributed by atoms with van der Waals surface area (Å²) in [6, 6.07) is 7.00. The Bertz CT molecular complexity index is 512. The van der Waals surface area contributed by atoms with Crippen LogP contribution in [-0.4, -0.2) is 47.6 Å². The maximum atomic E-state index is 12.0. The van der Waals surface area contributed by atoms with Crippen molar-refractivity contribution in [2.45, 2.75) is 31.8 Å². The Kier molecular flexibility index (Phi) is 4.39. The molecule has 2 rings (SSSR count). The first kappa shape index (κ1) is 14.5. The number of amides is 1. The van der Waals surface area contributed by atoms with E-state index in [0.717, 1.165) is 0 Å². The Hall–Kier alpha value is -1.88. The largest absolute Gasteiger partial charge is 0.478 e. The van der Waals surface area contributed by atoms with E-state index in [0.29, 0.717) is 18.2 Å². The van der Waals surface area contributed by atoms with Crippen LogP contribution in [0.2, 0.25) is 0 Å². The monoisotopic (exact) mass is 276 g/mol. The van der Waals surface area contributed by atoms with Crippen molar-refractivity contribution < 1.29 is 14.7 Å². The zero-order valence-electron chi connectivity index (χ0n) is 11.8. The molecule has 1 amide bonds. The number of carboxylic acid groups (broad SMARTS) is 1. The van der Waals surface area contributed by atoms with Gasteiger partial charge >= 0.3 is 5.97 Å². The molecule has 1 aliphatic rings. The van der Waals surface area contributed by atoms with Crippen molar-refractivity contribution in [2.75, 3.05) is 13.6 Å². The molecule has 0 spiro atoms. The van der Waals surface area contributed by atoms with E-state index in [9.17, 15) is 9.59 Å². The highest BCUT2D eigenvalue weighted by atomic mass is 16.4. The number of carboxylic acids is 1. The van der Waals surface area contributed by atoms with Crippen LogP contribution < -0.4 is 5.32 Å². The van der Waals surface area contributed by atoms with Gasteiger partial charge in [-0.2, -0.15) is 0 Å². The molecular formula is C15H20N2O3. The molecular weight excluding hydrogens is 256 g/mol. The number of benzene rings is 1. The number of hydrogen-bond acceptors (Lipinski definition) is 3. The average Bonchev–Trinajstić information content (AvgIpc) is 3.28. The highest BCUT2D eigenvalue weighted by Crippen LogP contribution is 2.26. The van der Waals surface area contributed by atoms with E-state index in [2.05, 4.69) is 24.2 Å². The number of carbonyl (C=O) groups is 2. The molecule has 1 atom stereocenters. The highest BCUT2D eigenvalue weighted by Gasteiger charge is 2.29. The third kappa shape index (κ3) is 3.57. The first-order valence-corrected chi connectivity index (χ1v) is 6.82. The van der Waals surface area contributed by atoms with Crippen LogP contribution in [0.5, 0.6) is 0 Å². The van der Waals surface area contributed by atoms with Crippen molar-refractivity contribution in [2.24, 2.45) is 0 Å². The number of nitrogens with zero attached hydrogens (tertiary/aromatic N) is 1. The normalized spacial score (nSPS) is 15.9. The molecule has 20 heavy (non-hydrogen) atoms. The van der Waals surface area contributed by atoms with Crippen LogP contribution in [0.4, 0.5) is 0 Å². The fourth-order valence-corrected chi connectivity index (χ4v) is 2.12. The van der Waals surface area contributed by atoms with E-state index in [1.54, 1.807) is 12.1 Å². The molecule has 5 heteroatoms. The van der Waals surface area contributed by atoms with E-state index in [4.69, 9.17) is 5.11 Å². The Labute approximate surface area is 118 Å². The number of rotatable bonds is 6. The van der Waals surface area contributed by atoms with Gasteiger partial charge in [0.15, 0.2) is 0 Å². The summed E-state index contributed by atoms with van der Waals surface area (Å²) in [5, 5.41) is 11.8. The summed E-state index contributed by atoms with van der Waals surface area (Å²) >= 11 is 0. The second-order valence-electron chi connectivity index (χ2n) is 5.34. The lowest BCUT2D eigenvalue weighted by atomic mass is 10.1. The van der Waals surface area contributed by atoms with Crippen LogP contribution in [0.1, 0.15) is 40.5 Å². The van der Waals surface area contributed by atoms with Crippen molar-refractivity contribution in [3.8, 4) is 0 Å². The van der Waals surface area contributed by atoms with Crippen molar-refractivity contribution in [3.63, 3.8) is 0 Å². The molecule has 1 fully saturated rings. The highest BCUT2D eigenvalue weighted by molar-refractivity contribution is 5.97. The van der Waals surface area contributed by atoms with Gasteiger partial charge in [0.05, 0.1) is 5.56 Å². The second-order valence-corrected chi connectivity index (χ2v) is 5.34. The SMILES string of the molecule is CC(CNC(=O)c1cccc(C(=O)O)c1)N(C)C1CC1. The number of nitrogens with one attached hydrogen (secondary N) is 1. The number of likely N-dealkylation sites (N-methyl/N-ethyl adjacent to an activating group) is 1. The molecule has 0 aliphatic heterocycles. The lowest BCUT2D eigenvalue weighted by Crippen LogP contribution is -2.41. The first-order valence-electron chi connectivity index (χ1n) is 6.82. The Morgan fingerprint density at radius 1 is 1.40 bits per heavy atom. The smallest absolute Gasteiger partial charge is 0.335 e. The summed E-state index contributed by atoms with van der Waals surface area (Å²) in [4.78, 5) is 25.2. The van der Waals surface area contributed by atoms with Crippen LogP contribution in [0.25, 0.3) is 0 Å². The summed E-state index contributed by atoms with van der Waals surface area (Å²) in [6.07, 6.45) is 2.46. The minimum absolute atomic E-state index is 0.126. The lowest BCUT2D eigenvalue weighted by molar-refractivity contribution is 0.0697. The van der Waals surface area contributed by atoms with Gasteiger partial charge in [-0.05, 0) is 45.0 Å². The van der Waals surface area contributed by atoms with Crippen LogP contribution in [0.15, 0.2) is 24.3 Å². The van der Waals surface area contributed by atoms with Gasteiger partial charge in [0.25, 0.3) is 5.91 Å². The summed E-state index contributed by atoms with van der Waals surface area (Å²) in [7, 11) is 2.07. The molecule has 1 aliphatic carbocycles. The maximum absolute atomic E-state index is 12.0. The Morgan fingerprint density at radius 2 is 2.05 bits per heavy atom. The van der Waals surface area contributed by atoms with E-state index < -0.39 is 5.97 Å². The summed E-state index contributed by atoms with van der Waals surface area (Å²) in [5.41, 5.74) is 0.506. The van der Waals surface area contributed by atoms with Gasteiger partial charge < -0.3 is 10.4 Å². The number of hydrogen-bond donors (Lipinski definition) is 2. The molecule has 2 N–H and O–H groups in total. The molecule has 1 aromatic carbocycles. The second kappa shape index (κ2) is 6.05. The van der Waals surface area contributed by atoms with E-state index in [-0.39, 0.29) is 17.5 Å². The van der Waals surface area contributed by atoms with Crippen LogP contribution in [0.3, 0.4) is 0 Å². The molecule has 0 radical (unpaired) electrons. The van der Waals surface area contributed by atoms with Gasteiger partial charge in [-0.25, -0.2) is 4.79 Å². The van der Waals surface area contributed by atoms with Gasteiger partial charge in [-0.15, -0.1) is 0 Å². The fourth-order valence-electron chi connectivity index (χ4n) is 2.12. The fraction of sp³-hybridized carbons (Fsp3) is 0.467. The predicted molar refractivity (Wildman–Crippen MR) is 76.0 cm³/mol. The predicted octanol–water partition coefficient (Wildman–Crippen LogP) is 1.60. The summed E-state index contributed by atoms with van der Waals surface area (Å²) in [6.45, 7) is 2.63. The minimum atomic E-state index is -1.03. The zero-order chi connectivity index (χ0) is 14.7. The topological polar surface area (TPSA) is 69.6 Å². The number of aromatic carboxylic acids is 1. The molecule has 5 nitrogen and oxygen atoms in total. The number of carbonyl (C=O) groups excluding carboxylic acids is 1. The molecule has 1 unspecified atom stereocenters. The van der Waals surface area contributed by atoms with Crippen molar-refractivity contribution >= 4 is 11.9 Å². The lowest BCUT2D eigenvalue weighted by Gasteiger charge is -2.24. The van der Waals surface area contributed by atoms with Gasteiger partial charge in [-0.3, -0.25) is 9.69 Å². The van der Waals surface area contributed by atoms with E-state index >= 15 is 0 Å². The first-order chi connectivity index (χ1) is 9.49. The quantitative estimate of drug-likeness (QED) is 0.828. The average molecular weight is 276 g/mol. The molecule has 1 saturated carbocycles. The van der Waals surface area contributed by atoms with Gasteiger partial charge in [0.1, 0.15) is 0 Å². The summed E-state index contributed by atoms with van der Waals surface area (Å²) in [5.74, 6) is -1.26. The van der Waals surface area contributed by atoms with Crippen LogP contribution in [0, 0.1) is 0 Å². The Balaban J connectivity index is 1.91. The third-order valence-corrected chi connectivity index (χ3v) is 3.75. The van der Waals surface area contributed by atoms with Gasteiger partial charge in [0.2, 0.25) is 0 Å². The van der Waals surface area contributed by atoms with Gasteiger partial charge in [-0.1, -0.05) is 6.07 Å². The van der Waals surface area contributed by atoms with E-state index in [1.807, 2.05) is 0 Å². The van der Waals surface area contributed by atoms with Gasteiger partial charge in [0, 0.05) is 24.2 Å². The van der Waals surface area contributed by atoms with E-state index in [1.165, 1.54) is 25.0 Å². The van der Waals surface area contributed by atoms with Crippen LogP contribution in [-0.2, 0) is 0 Å². The molecule has 0 bridgehead atoms. The minimum Gasteiger partial charge on any atom is -0.478 e. The maximum Gasteiger partial charge on any atom is 0.335 e. The molecule has 1 aromatic rings. The third-order valence-electron chi connectivity index (χ3n) is 3.75. The summed E-state index contributed by atoms with van der Waals surface area (Å²) < 4.78 is 0. The zero-order valence-corrected chi connectivity index (χ0v) is 11.8. The standard InChI is InChI=1S/C15H20N2O3/c1-10(17(2)13-6-7-13)9-16-14(18)11-4-3-5-12(8-11)15(19)20/h3-5,8,10,13H,6-7,9H2,1-2H3,(H,16,18)(H,19,20).